The third-order valence-corrected chi connectivity index (χ3v) is 10.2. The Balaban J connectivity index is 1.57. The third kappa shape index (κ3) is 3.55. The molecule has 1 aromatic rings. The Morgan fingerprint density at radius 1 is 1.13 bits per heavy atom. The first-order chi connectivity index (χ1) is 17.7. The number of Topliss-reactive ketones (excluding diaryl/α,β-unsaturated/α-hetero) is 1. The Morgan fingerprint density at radius 2 is 1.79 bits per heavy atom. The lowest BCUT2D eigenvalue weighted by Crippen LogP contribution is -2.79. The maximum Gasteiger partial charge on any atom is 0.344 e. The van der Waals surface area contributed by atoms with Gasteiger partial charge in [0, 0.05) is 24.2 Å². The molecule has 0 amide bonds. The van der Waals surface area contributed by atoms with Crippen LogP contribution in [0, 0.1) is 22.7 Å². The Hall–Kier alpha value is -2.30. The Kier molecular flexibility index (Phi) is 6.36. The molecule has 0 radical (unpaired) electrons. The van der Waals surface area contributed by atoms with Crippen molar-refractivity contribution in [2.24, 2.45) is 22.7 Å². The standard InChI is InChI=1S/C29H38O9/c1-15-18(30)12-29(35)16(2)24-27(5,25(33)23(32)22(15)26(29,3)4)19(11-20-28(24,34)14-37-20)38-21(31)13-36-17-9-7-6-8-10-17/h6-10,16,18-20,23-24,30,32,34-35H,11-14H2,1-5H3. The molecular formula is C29H38O9. The molecule has 1 saturated heterocycles. The van der Waals surface area contributed by atoms with Crippen LogP contribution in [0.4, 0.5) is 0 Å². The van der Waals surface area contributed by atoms with E-state index in [-0.39, 0.29) is 25.0 Å². The maximum absolute atomic E-state index is 14.3. The minimum absolute atomic E-state index is 0.0268. The Bertz CT molecular complexity index is 1160. The molecule has 0 spiro atoms. The highest BCUT2D eigenvalue weighted by Gasteiger charge is 2.74. The number of esters is 1. The molecule has 208 valence electrons. The number of carbonyl (C=O) groups excluding carboxylic acids is 2. The van der Waals surface area contributed by atoms with Crippen molar-refractivity contribution >= 4 is 11.8 Å². The number of ketones is 1. The molecule has 38 heavy (non-hydrogen) atoms. The molecule has 0 aromatic heterocycles. The molecule has 3 aliphatic carbocycles. The van der Waals surface area contributed by atoms with Crippen LogP contribution >= 0.6 is 0 Å². The molecule has 4 aliphatic rings. The molecule has 1 aliphatic heterocycles. The first kappa shape index (κ1) is 27.3. The van der Waals surface area contributed by atoms with Crippen molar-refractivity contribution in [1.82, 2.24) is 0 Å². The second-order valence-corrected chi connectivity index (χ2v) is 12.3. The highest BCUT2D eigenvalue weighted by molar-refractivity contribution is 5.93. The van der Waals surface area contributed by atoms with Crippen LogP contribution in [0.2, 0.25) is 0 Å². The fourth-order valence-corrected chi connectivity index (χ4v) is 8.00. The number of aliphatic hydroxyl groups is 4. The van der Waals surface area contributed by atoms with E-state index in [9.17, 15) is 30.0 Å². The number of carbonyl (C=O) groups is 2. The normalized spacial score (nSPS) is 43.7. The van der Waals surface area contributed by atoms with Crippen LogP contribution in [-0.4, -0.2) is 81.0 Å². The first-order valence-corrected chi connectivity index (χ1v) is 13.2. The van der Waals surface area contributed by atoms with Gasteiger partial charge in [0.15, 0.2) is 12.4 Å². The van der Waals surface area contributed by atoms with E-state index in [1.54, 1.807) is 58.9 Å². The van der Waals surface area contributed by atoms with E-state index in [4.69, 9.17) is 14.2 Å². The largest absolute Gasteiger partial charge is 0.482 e. The maximum atomic E-state index is 14.3. The number of rotatable bonds is 4. The number of hydrogen-bond donors (Lipinski definition) is 4. The van der Waals surface area contributed by atoms with Crippen molar-refractivity contribution in [1.29, 1.82) is 0 Å². The van der Waals surface area contributed by atoms with E-state index in [1.165, 1.54) is 0 Å². The van der Waals surface area contributed by atoms with Crippen LogP contribution in [0.5, 0.6) is 5.75 Å². The van der Waals surface area contributed by atoms with Crippen molar-refractivity contribution in [3.8, 4) is 5.75 Å². The van der Waals surface area contributed by atoms with Gasteiger partial charge >= 0.3 is 5.97 Å². The second-order valence-electron chi connectivity index (χ2n) is 12.3. The zero-order chi connectivity index (χ0) is 27.8. The van der Waals surface area contributed by atoms with Gasteiger partial charge in [-0.05, 0) is 43.0 Å². The molecule has 9 heteroatoms. The molecule has 5 rings (SSSR count). The van der Waals surface area contributed by atoms with Gasteiger partial charge in [0.25, 0.3) is 0 Å². The van der Waals surface area contributed by atoms with Gasteiger partial charge in [-0.15, -0.1) is 0 Å². The SMILES string of the molecule is CC1=C2C(O)C(=O)C3(C)C(OC(=O)COc4ccccc4)CC4OCC4(O)C3C(C)C(O)(CC1O)C2(C)C. The van der Waals surface area contributed by atoms with E-state index in [1.807, 2.05) is 6.07 Å². The van der Waals surface area contributed by atoms with Gasteiger partial charge in [-0.3, -0.25) is 4.79 Å². The van der Waals surface area contributed by atoms with Crippen LogP contribution in [-0.2, 0) is 19.1 Å². The number of para-hydroxylation sites is 1. The van der Waals surface area contributed by atoms with E-state index >= 15 is 0 Å². The molecule has 4 N–H and O–H groups in total. The number of benzene rings is 1. The lowest BCUT2D eigenvalue weighted by Gasteiger charge is -2.67. The molecule has 3 fully saturated rings. The topological polar surface area (TPSA) is 143 Å². The quantitative estimate of drug-likeness (QED) is 0.337. The molecule has 2 bridgehead atoms. The van der Waals surface area contributed by atoms with E-state index in [0.29, 0.717) is 11.3 Å². The third-order valence-electron chi connectivity index (χ3n) is 10.2. The molecule has 2 saturated carbocycles. The first-order valence-electron chi connectivity index (χ1n) is 13.2. The molecule has 9 nitrogen and oxygen atoms in total. The summed E-state index contributed by atoms with van der Waals surface area (Å²) in [4.78, 5) is 27.3. The van der Waals surface area contributed by atoms with Crippen LogP contribution < -0.4 is 4.74 Å². The summed E-state index contributed by atoms with van der Waals surface area (Å²) in [6.45, 7) is 8.09. The Morgan fingerprint density at radius 3 is 2.39 bits per heavy atom. The molecule has 1 aromatic carbocycles. The summed E-state index contributed by atoms with van der Waals surface area (Å²) in [5, 5.41) is 46.6. The molecular weight excluding hydrogens is 492 g/mol. The Labute approximate surface area is 222 Å². The average Bonchev–Trinajstić information content (AvgIpc) is 2.86. The molecule has 1 heterocycles. The van der Waals surface area contributed by atoms with Gasteiger partial charge in [-0.25, -0.2) is 4.79 Å². The summed E-state index contributed by atoms with van der Waals surface area (Å²) >= 11 is 0. The summed E-state index contributed by atoms with van der Waals surface area (Å²) in [6, 6.07) is 8.77. The van der Waals surface area contributed by atoms with Gasteiger partial charge in [0.1, 0.15) is 23.6 Å². The summed E-state index contributed by atoms with van der Waals surface area (Å²) < 4.78 is 17.1. The van der Waals surface area contributed by atoms with Gasteiger partial charge < -0.3 is 34.6 Å². The van der Waals surface area contributed by atoms with Crippen LogP contribution in [0.25, 0.3) is 0 Å². The number of hydrogen-bond acceptors (Lipinski definition) is 9. The molecule has 9 unspecified atom stereocenters. The van der Waals surface area contributed by atoms with E-state index in [2.05, 4.69) is 0 Å². The number of aliphatic hydroxyl groups excluding tert-OH is 2. The highest BCUT2D eigenvalue weighted by atomic mass is 16.6. The zero-order valence-electron chi connectivity index (χ0n) is 22.5. The van der Waals surface area contributed by atoms with Crippen molar-refractivity contribution in [3.63, 3.8) is 0 Å². The predicted molar refractivity (Wildman–Crippen MR) is 135 cm³/mol. The average molecular weight is 531 g/mol. The van der Waals surface area contributed by atoms with Gasteiger partial charge in [-0.1, -0.05) is 39.0 Å². The van der Waals surface area contributed by atoms with Crippen LogP contribution in [0.15, 0.2) is 41.5 Å². The van der Waals surface area contributed by atoms with Crippen molar-refractivity contribution in [2.75, 3.05) is 13.2 Å². The minimum atomic E-state index is -1.67. The predicted octanol–water partition coefficient (Wildman–Crippen LogP) is 1.55. The monoisotopic (exact) mass is 530 g/mol. The van der Waals surface area contributed by atoms with E-state index < -0.39 is 76.6 Å². The lowest BCUT2D eigenvalue weighted by molar-refractivity contribution is -0.336. The summed E-state index contributed by atoms with van der Waals surface area (Å²) in [5.74, 6) is -2.51. The summed E-state index contributed by atoms with van der Waals surface area (Å²) in [7, 11) is 0. The second kappa shape index (κ2) is 8.86. The van der Waals surface area contributed by atoms with Crippen LogP contribution in [0.3, 0.4) is 0 Å². The fraction of sp³-hybridized carbons (Fsp3) is 0.655. The van der Waals surface area contributed by atoms with Crippen molar-refractivity contribution < 1.29 is 44.2 Å². The van der Waals surface area contributed by atoms with Gasteiger partial charge in [0.05, 0.1) is 29.8 Å². The number of ether oxygens (including phenoxy) is 3. The van der Waals surface area contributed by atoms with Crippen LogP contribution in [0.1, 0.15) is 47.5 Å². The van der Waals surface area contributed by atoms with Crippen molar-refractivity contribution in [3.05, 3.63) is 41.5 Å². The summed E-state index contributed by atoms with van der Waals surface area (Å²) in [5.41, 5.74) is -5.01. The molecule has 9 atom stereocenters. The fourth-order valence-electron chi connectivity index (χ4n) is 8.00. The lowest BCUT2D eigenvalue weighted by atomic mass is 9.43. The van der Waals surface area contributed by atoms with Gasteiger partial charge in [0.2, 0.25) is 0 Å². The van der Waals surface area contributed by atoms with Crippen molar-refractivity contribution in [2.45, 2.75) is 83.1 Å². The highest BCUT2D eigenvalue weighted by Crippen LogP contribution is 2.64. The summed E-state index contributed by atoms with van der Waals surface area (Å²) in [6.07, 6.45) is -4.49. The van der Waals surface area contributed by atoms with E-state index in [0.717, 1.165) is 0 Å². The minimum Gasteiger partial charge on any atom is -0.482 e. The smallest absolute Gasteiger partial charge is 0.344 e. The number of fused-ring (bicyclic) bond motifs is 5. The zero-order valence-corrected chi connectivity index (χ0v) is 22.5. The van der Waals surface area contributed by atoms with Gasteiger partial charge in [-0.2, -0.15) is 0 Å².